The zero-order chi connectivity index (χ0) is 21.2. The Bertz CT molecular complexity index is 1050. The van der Waals surface area contributed by atoms with E-state index in [1.54, 1.807) is 22.6 Å². The molecule has 0 bridgehead atoms. The summed E-state index contributed by atoms with van der Waals surface area (Å²) in [7, 11) is 1.26. The van der Waals surface area contributed by atoms with Crippen molar-refractivity contribution in [3.63, 3.8) is 0 Å². The third-order valence-corrected chi connectivity index (χ3v) is 4.33. The van der Waals surface area contributed by atoms with Crippen LogP contribution in [0.4, 0.5) is 5.82 Å². The van der Waals surface area contributed by atoms with Crippen molar-refractivity contribution < 1.29 is 39.2 Å². The van der Waals surface area contributed by atoms with Crippen LogP contribution in [0.3, 0.4) is 0 Å². The molecule has 0 aliphatic heterocycles. The summed E-state index contributed by atoms with van der Waals surface area (Å²) >= 11 is 1.77. The number of carboxylic acids is 3. The average molecular weight is 504 g/mol. The molecular formula is C16H13IN2O9. The first kappa shape index (κ1) is 21.0. The number of halogens is 1. The number of nitrogens with one attached hydrogen (secondary N) is 1. The van der Waals surface area contributed by atoms with Crippen molar-refractivity contribution in [1.29, 1.82) is 0 Å². The Morgan fingerprint density at radius 1 is 1.14 bits per heavy atom. The number of nitrogen functional groups attached to an aromatic ring is 1. The number of aliphatic carboxylic acids is 1. The summed E-state index contributed by atoms with van der Waals surface area (Å²) in [5, 5.41) is 27.7. The van der Waals surface area contributed by atoms with Gasteiger partial charge in [0, 0.05) is 5.56 Å². The minimum atomic E-state index is -1.65. The highest BCUT2D eigenvalue weighted by Gasteiger charge is 2.28. The van der Waals surface area contributed by atoms with Gasteiger partial charge in [0.2, 0.25) is 0 Å². The number of pyridine rings is 1. The molecule has 0 radical (unpaired) electrons. The monoisotopic (exact) mass is 504 g/mol. The van der Waals surface area contributed by atoms with Gasteiger partial charge in [-0.15, -0.1) is 0 Å². The van der Waals surface area contributed by atoms with Gasteiger partial charge in [0.05, 0.1) is 10.7 Å². The maximum atomic E-state index is 12.1. The number of carbonyl (C=O) groups is 3. The molecule has 0 aliphatic carbocycles. The lowest BCUT2D eigenvalue weighted by atomic mass is 9.95. The van der Waals surface area contributed by atoms with E-state index in [0.717, 1.165) is 0 Å². The molecule has 148 valence electrons. The molecular weight excluding hydrogens is 491 g/mol. The average Bonchev–Trinajstić information content (AvgIpc) is 2.58. The second-order valence-electron chi connectivity index (χ2n) is 5.27. The highest BCUT2D eigenvalue weighted by atomic mass is 127. The lowest BCUT2D eigenvalue weighted by Crippen LogP contribution is -2.24. The number of ether oxygens (including phenoxy) is 2. The van der Waals surface area contributed by atoms with Crippen molar-refractivity contribution in [3.8, 4) is 22.6 Å². The van der Waals surface area contributed by atoms with Crippen molar-refractivity contribution in [2.45, 2.75) is 0 Å². The Hall–Kier alpha value is -3.29. The van der Waals surface area contributed by atoms with Crippen molar-refractivity contribution in [3.05, 3.63) is 37.2 Å². The van der Waals surface area contributed by atoms with Gasteiger partial charge in [-0.3, -0.25) is 4.79 Å². The lowest BCUT2D eigenvalue weighted by molar-refractivity contribution is -0.139. The Balaban J connectivity index is 2.86. The number of aromatic carboxylic acids is 2. The van der Waals surface area contributed by atoms with Crippen LogP contribution in [0.1, 0.15) is 20.7 Å². The predicted octanol–water partition coefficient (Wildman–Crippen LogP) is 1.10. The molecule has 1 aromatic heterocycles. The molecule has 2 rings (SSSR count). The second kappa shape index (κ2) is 8.16. The van der Waals surface area contributed by atoms with Crippen LogP contribution in [0.5, 0.6) is 11.5 Å². The van der Waals surface area contributed by atoms with Crippen molar-refractivity contribution in [2.24, 2.45) is 0 Å². The van der Waals surface area contributed by atoms with Gasteiger partial charge in [-0.2, -0.15) is 0 Å². The number of rotatable bonds is 7. The minimum absolute atomic E-state index is 0.00896. The smallest absolute Gasteiger partial charge is 0.342 e. The van der Waals surface area contributed by atoms with E-state index in [0.29, 0.717) is 3.57 Å². The Kier molecular flexibility index (Phi) is 6.12. The SMILES string of the molecule is COc1cc(-c2c(C(=O)O)c(N)[nH]c(=O)c2C(=O)O)cc(I)c1OCC(=O)O. The topological polar surface area (TPSA) is 189 Å². The van der Waals surface area contributed by atoms with Crippen molar-refractivity contribution in [1.82, 2.24) is 4.98 Å². The van der Waals surface area contributed by atoms with Gasteiger partial charge in [-0.25, -0.2) is 14.4 Å². The number of H-pyrrole nitrogens is 1. The molecule has 1 aromatic carbocycles. The second-order valence-corrected chi connectivity index (χ2v) is 6.44. The number of aromatic nitrogens is 1. The molecule has 0 unspecified atom stereocenters. The van der Waals surface area contributed by atoms with Crippen LogP contribution < -0.4 is 20.8 Å². The van der Waals surface area contributed by atoms with E-state index in [1.807, 2.05) is 4.98 Å². The Morgan fingerprint density at radius 2 is 1.75 bits per heavy atom. The van der Waals surface area contributed by atoms with Gasteiger partial charge in [0.15, 0.2) is 18.1 Å². The number of methoxy groups -OCH3 is 1. The number of hydrogen-bond donors (Lipinski definition) is 5. The molecule has 0 fully saturated rings. The molecule has 2 aromatic rings. The lowest BCUT2D eigenvalue weighted by Gasteiger charge is -2.16. The molecule has 0 saturated carbocycles. The molecule has 0 atom stereocenters. The molecule has 6 N–H and O–H groups in total. The zero-order valence-electron chi connectivity index (χ0n) is 14.1. The van der Waals surface area contributed by atoms with Crippen LogP contribution >= 0.6 is 22.6 Å². The number of aromatic amines is 1. The number of nitrogens with two attached hydrogens (primary N) is 1. The van der Waals surface area contributed by atoms with Gasteiger partial charge < -0.3 is 35.5 Å². The Morgan fingerprint density at radius 3 is 2.25 bits per heavy atom. The molecule has 0 spiro atoms. The highest BCUT2D eigenvalue weighted by Crippen LogP contribution is 2.39. The van der Waals surface area contributed by atoms with Crippen molar-refractivity contribution >= 4 is 46.3 Å². The molecule has 11 nitrogen and oxygen atoms in total. The minimum Gasteiger partial charge on any atom is -0.493 e. The molecule has 0 aliphatic rings. The summed E-state index contributed by atoms with van der Waals surface area (Å²) in [6.07, 6.45) is 0. The predicted molar refractivity (Wildman–Crippen MR) is 103 cm³/mol. The molecule has 28 heavy (non-hydrogen) atoms. The largest absolute Gasteiger partial charge is 0.493 e. The Labute approximate surface area is 169 Å². The standard InChI is InChI=1S/C16H13IN2O9/c1-27-7-3-5(2-6(17)12(7)28-4-8(20)21)9-10(15(23)24)13(18)19-14(22)11(9)16(25)26/h2-3H,4H2,1H3,(H,20,21)(H,23,24)(H,25,26)(H3,18,19,22). The quantitative estimate of drug-likeness (QED) is 0.342. The maximum absolute atomic E-state index is 12.1. The molecule has 1 heterocycles. The van der Waals surface area contributed by atoms with Crippen LogP contribution in [0.15, 0.2) is 16.9 Å². The number of benzene rings is 1. The zero-order valence-corrected chi connectivity index (χ0v) is 16.3. The van der Waals surface area contributed by atoms with E-state index in [-0.39, 0.29) is 17.1 Å². The molecule has 0 saturated heterocycles. The van der Waals surface area contributed by atoms with Gasteiger partial charge >= 0.3 is 17.9 Å². The van der Waals surface area contributed by atoms with E-state index >= 15 is 0 Å². The van der Waals surface area contributed by atoms with Gasteiger partial charge in [0.25, 0.3) is 5.56 Å². The first-order valence-electron chi connectivity index (χ1n) is 7.33. The summed E-state index contributed by atoms with van der Waals surface area (Å²) in [5.41, 5.74) is 2.70. The van der Waals surface area contributed by atoms with E-state index in [2.05, 4.69) is 0 Å². The van der Waals surface area contributed by atoms with Crippen LogP contribution in [0, 0.1) is 3.57 Å². The van der Waals surface area contributed by atoms with E-state index in [9.17, 15) is 29.4 Å². The van der Waals surface area contributed by atoms with Crippen LogP contribution in [-0.4, -0.2) is 51.9 Å². The van der Waals surface area contributed by atoms with Crippen molar-refractivity contribution in [2.75, 3.05) is 19.5 Å². The van der Waals surface area contributed by atoms with Gasteiger partial charge in [-0.05, 0) is 40.3 Å². The molecule has 0 amide bonds. The maximum Gasteiger partial charge on any atom is 0.342 e. The van der Waals surface area contributed by atoms with Gasteiger partial charge in [-0.1, -0.05) is 0 Å². The fraction of sp³-hybridized carbons (Fsp3) is 0.125. The summed E-state index contributed by atoms with van der Waals surface area (Å²) in [6.45, 7) is -0.662. The summed E-state index contributed by atoms with van der Waals surface area (Å²) < 4.78 is 10.6. The van der Waals surface area contributed by atoms with E-state index < -0.39 is 52.6 Å². The first-order chi connectivity index (χ1) is 13.1. The third-order valence-electron chi connectivity index (χ3n) is 3.53. The molecule has 12 heteroatoms. The fourth-order valence-electron chi connectivity index (χ4n) is 2.47. The van der Waals surface area contributed by atoms with Crippen LogP contribution in [-0.2, 0) is 4.79 Å². The van der Waals surface area contributed by atoms with E-state index in [1.165, 1.54) is 19.2 Å². The normalized spacial score (nSPS) is 10.4. The number of hydrogen-bond acceptors (Lipinski definition) is 7. The van der Waals surface area contributed by atoms with Crippen LogP contribution in [0.25, 0.3) is 11.1 Å². The summed E-state index contributed by atoms with van der Waals surface area (Å²) in [5.74, 6) is -4.89. The highest BCUT2D eigenvalue weighted by molar-refractivity contribution is 14.1. The van der Waals surface area contributed by atoms with Gasteiger partial charge in [0.1, 0.15) is 16.9 Å². The van der Waals surface area contributed by atoms with E-state index in [4.69, 9.17) is 20.3 Å². The third kappa shape index (κ3) is 4.00. The summed E-state index contributed by atoms with van der Waals surface area (Å²) in [4.78, 5) is 48.1. The first-order valence-corrected chi connectivity index (χ1v) is 8.41. The number of carboxylic acid groups (broad SMARTS) is 3. The number of anilines is 1. The summed E-state index contributed by atoms with van der Waals surface area (Å²) in [6, 6.07) is 2.56. The van der Waals surface area contributed by atoms with Crippen LogP contribution in [0.2, 0.25) is 0 Å². The fourth-order valence-corrected chi connectivity index (χ4v) is 3.23.